The second-order valence-corrected chi connectivity index (χ2v) is 6.99. The molecule has 2 aromatic rings. The average Bonchev–Trinajstić information content (AvgIpc) is 2.91. The Bertz CT molecular complexity index is 819. The van der Waals surface area contributed by atoms with Crippen molar-refractivity contribution in [3.63, 3.8) is 0 Å². The Morgan fingerprint density at radius 3 is 2.92 bits per heavy atom. The zero-order chi connectivity index (χ0) is 18.0. The van der Waals surface area contributed by atoms with Crippen molar-refractivity contribution in [3.05, 3.63) is 51.7 Å². The fraction of sp³-hybridized carbons (Fsp3) is 0.333. The van der Waals surface area contributed by atoms with Crippen LogP contribution in [0.15, 0.2) is 24.3 Å². The second kappa shape index (κ2) is 7.33. The molecule has 25 heavy (non-hydrogen) atoms. The predicted octanol–water partition coefficient (Wildman–Crippen LogP) is 3.30. The smallest absolute Gasteiger partial charge is 0.341 e. The van der Waals surface area contributed by atoms with Gasteiger partial charge in [0.15, 0.2) is 0 Å². The van der Waals surface area contributed by atoms with E-state index in [0.29, 0.717) is 10.6 Å². The van der Waals surface area contributed by atoms with Gasteiger partial charge in [0.25, 0.3) is 5.91 Å². The average molecular weight is 362 g/mol. The van der Waals surface area contributed by atoms with Crippen LogP contribution in [0.25, 0.3) is 0 Å². The van der Waals surface area contributed by atoms with E-state index in [4.69, 9.17) is 4.74 Å². The van der Waals surface area contributed by atoms with Crippen LogP contribution in [0.1, 0.15) is 38.1 Å². The number of rotatable bonds is 4. The third-order valence-corrected chi connectivity index (χ3v) is 5.17. The fourth-order valence-electron chi connectivity index (χ4n) is 2.84. The van der Waals surface area contributed by atoms with Gasteiger partial charge in [-0.05, 0) is 44.2 Å². The lowest BCUT2D eigenvalue weighted by Gasteiger charge is -2.22. The molecule has 1 amide bonds. The molecule has 0 aliphatic carbocycles. The highest BCUT2D eigenvalue weighted by Crippen LogP contribution is 2.37. The number of amides is 1. The van der Waals surface area contributed by atoms with Crippen molar-refractivity contribution >= 4 is 28.2 Å². The molecule has 1 aromatic heterocycles. The van der Waals surface area contributed by atoms with Crippen molar-refractivity contribution in [1.82, 2.24) is 4.90 Å². The normalized spacial score (nSPS) is 14.0. The molecule has 1 aliphatic heterocycles. The molecule has 5 nitrogen and oxygen atoms in total. The van der Waals surface area contributed by atoms with E-state index in [0.717, 1.165) is 30.0 Å². The second-order valence-electron chi connectivity index (χ2n) is 5.88. The van der Waals surface area contributed by atoms with Crippen LogP contribution in [0, 0.1) is 5.82 Å². The molecule has 1 aliphatic rings. The summed E-state index contributed by atoms with van der Waals surface area (Å²) in [6.07, 6.45) is 0.728. The van der Waals surface area contributed by atoms with Crippen molar-refractivity contribution in [1.29, 1.82) is 0 Å². The van der Waals surface area contributed by atoms with Crippen LogP contribution in [0.2, 0.25) is 0 Å². The summed E-state index contributed by atoms with van der Waals surface area (Å²) in [5, 5.41) is 3.22. The van der Waals surface area contributed by atoms with E-state index in [-0.39, 0.29) is 12.2 Å². The molecular formula is C18H19FN2O3S. The van der Waals surface area contributed by atoms with Crippen LogP contribution in [0.5, 0.6) is 0 Å². The molecule has 1 N–H and O–H groups in total. The number of hydrogen-bond acceptors (Lipinski definition) is 5. The summed E-state index contributed by atoms with van der Waals surface area (Å²) in [6, 6.07) is 5.45. The maximum Gasteiger partial charge on any atom is 0.341 e. The van der Waals surface area contributed by atoms with Crippen molar-refractivity contribution < 1.29 is 18.7 Å². The Hall–Kier alpha value is -2.25. The number of nitrogens with zero attached hydrogens (tertiary/aromatic N) is 1. The highest BCUT2D eigenvalue weighted by molar-refractivity contribution is 7.17. The topological polar surface area (TPSA) is 58.6 Å². The molecule has 0 unspecified atom stereocenters. The van der Waals surface area contributed by atoms with Crippen LogP contribution in [-0.2, 0) is 17.7 Å². The Balaban J connectivity index is 1.94. The lowest BCUT2D eigenvalue weighted by Crippen LogP contribution is -2.26. The first-order valence-corrected chi connectivity index (χ1v) is 8.88. The molecule has 0 fully saturated rings. The highest BCUT2D eigenvalue weighted by Gasteiger charge is 2.28. The summed E-state index contributed by atoms with van der Waals surface area (Å²) < 4.78 is 18.5. The number of carbonyl (C=O) groups excluding carboxylic acids is 2. The standard InChI is InChI=1S/C18H19FN2O3S/c1-3-24-18(23)15-13-7-8-21(2)10-14(13)25-17(15)20-16(22)11-5-4-6-12(19)9-11/h4-6,9H,3,7-8,10H2,1-2H3,(H,20,22). The third kappa shape index (κ3) is 3.72. The van der Waals surface area contributed by atoms with Crippen LogP contribution in [0.4, 0.5) is 9.39 Å². The molecule has 7 heteroatoms. The number of halogens is 1. The number of thiophene rings is 1. The number of nitrogens with one attached hydrogen (secondary N) is 1. The Labute approximate surface area is 149 Å². The van der Waals surface area contributed by atoms with E-state index < -0.39 is 17.7 Å². The van der Waals surface area contributed by atoms with Crippen molar-refractivity contribution in [2.75, 3.05) is 25.5 Å². The number of benzene rings is 1. The fourth-order valence-corrected chi connectivity index (χ4v) is 4.15. The van der Waals surface area contributed by atoms with Crippen LogP contribution in [-0.4, -0.2) is 37.0 Å². The molecule has 1 aromatic carbocycles. The zero-order valence-electron chi connectivity index (χ0n) is 14.1. The van der Waals surface area contributed by atoms with Gasteiger partial charge in [0.2, 0.25) is 0 Å². The maximum atomic E-state index is 13.3. The number of fused-ring (bicyclic) bond motifs is 1. The lowest BCUT2D eigenvalue weighted by molar-refractivity contribution is 0.0526. The van der Waals surface area contributed by atoms with Gasteiger partial charge in [-0.2, -0.15) is 0 Å². The summed E-state index contributed by atoms with van der Waals surface area (Å²) in [4.78, 5) is 28.1. The minimum atomic E-state index is -0.481. The van der Waals surface area contributed by atoms with Crippen LogP contribution >= 0.6 is 11.3 Å². The van der Waals surface area contributed by atoms with E-state index in [2.05, 4.69) is 10.2 Å². The highest BCUT2D eigenvalue weighted by atomic mass is 32.1. The summed E-state index contributed by atoms with van der Waals surface area (Å²) in [5.74, 6) is -1.36. The molecule has 132 valence electrons. The van der Waals surface area contributed by atoms with E-state index in [1.54, 1.807) is 6.92 Å². The van der Waals surface area contributed by atoms with E-state index >= 15 is 0 Å². The largest absolute Gasteiger partial charge is 0.462 e. The van der Waals surface area contributed by atoms with E-state index in [1.165, 1.54) is 35.6 Å². The van der Waals surface area contributed by atoms with Gasteiger partial charge in [0.1, 0.15) is 10.8 Å². The van der Waals surface area contributed by atoms with Crippen LogP contribution < -0.4 is 5.32 Å². The van der Waals surface area contributed by atoms with E-state index in [1.807, 2.05) is 7.05 Å². The number of carbonyl (C=O) groups is 2. The Morgan fingerprint density at radius 1 is 1.40 bits per heavy atom. The van der Waals surface area contributed by atoms with Gasteiger partial charge < -0.3 is 15.0 Å². The van der Waals surface area contributed by atoms with Gasteiger partial charge in [-0.15, -0.1) is 11.3 Å². The van der Waals surface area contributed by atoms with Gasteiger partial charge in [-0.25, -0.2) is 9.18 Å². The molecule has 2 heterocycles. The molecule has 0 saturated carbocycles. The SMILES string of the molecule is CCOC(=O)c1c(NC(=O)c2cccc(F)c2)sc2c1CCN(C)C2. The summed E-state index contributed by atoms with van der Waals surface area (Å²) in [6.45, 7) is 3.58. The zero-order valence-corrected chi connectivity index (χ0v) is 14.9. The predicted molar refractivity (Wildman–Crippen MR) is 94.7 cm³/mol. The van der Waals surface area contributed by atoms with Gasteiger partial charge in [0.05, 0.1) is 12.2 Å². The Kier molecular flexibility index (Phi) is 5.15. The lowest BCUT2D eigenvalue weighted by atomic mass is 10.0. The molecule has 0 saturated heterocycles. The summed E-state index contributed by atoms with van der Waals surface area (Å²) >= 11 is 1.38. The third-order valence-electron chi connectivity index (χ3n) is 4.04. The first-order chi connectivity index (χ1) is 12.0. The van der Waals surface area contributed by atoms with Crippen molar-refractivity contribution in [2.24, 2.45) is 0 Å². The minimum absolute atomic E-state index is 0.207. The molecule has 0 spiro atoms. The molecule has 3 rings (SSSR count). The number of esters is 1. The van der Waals surface area contributed by atoms with Crippen molar-refractivity contribution in [3.8, 4) is 0 Å². The van der Waals surface area contributed by atoms with E-state index in [9.17, 15) is 14.0 Å². The number of hydrogen-bond donors (Lipinski definition) is 1. The molecule has 0 bridgehead atoms. The van der Waals surface area contributed by atoms with Crippen molar-refractivity contribution in [2.45, 2.75) is 19.9 Å². The van der Waals surface area contributed by atoms with Gasteiger partial charge in [-0.3, -0.25) is 4.79 Å². The molecular weight excluding hydrogens is 343 g/mol. The van der Waals surface area contributed by atoms with Gasteiger partial charge in [-0.1, -0.05) is 6.07 Å². The maximum absolute atomic E-state index is 13.3. The van der Waals surface area contributed by atoms with Gasteiger partial charge >= 0.3 is 5.97 Å². The number of ether oxygens (including phenoxy) is 1. The minimum Gasteiger partial charge on any atom is -0.462 e. The first-order valence-electron chi connectivity index (χ1n) is 8.06. The van der Waals surface area contributed by atoms with Crippen LogP contribution in [0.3, 0.4) is 0 Å². The molecule has 0 atom stereocenters. The summed E-state index contributed by atoms with van der Waals surface area (Å²) in [5.41, 5.74) is 1.58. The quantitative estimate of drug-likeness (QED) is 0.848. The first kappa shape index (κ1) is 17.6. The van der Waals surface area contributed by atoms with Gasteiger partial charge in [0, 0.05) is 23.5 Å². The molecule has 0 radical (unpaired) electrons. The Morgan fingerprint density at radius 2 is 2.20 bits per heavy atom. The number of anilines is 1. The summed E-state index contributed by atoms with van der Waals surface area (Å²) in [7, 11) is 2.01. The number of likely N-dealkylation sites (N-methyl/N-ethyl adjacent to an activating group) is 1. The monoisotopic (exact) mass is 362 g/mol.